The summed E-state index contributed by atoms with van der Waals surface area (Å²) in [6.45, 7) is 0.247. The molecule has 44 nitrogen and oxygen atoms in total. The number of nitrogens with one attached hydrogen (secondary N) is 4. The number of benzene rings is 8. The molecule has 0 radical (unpaired) electrons. The van der Waals surface area contributed by atoms with E-state index in [1.54, 1.807) is 60.7 Å². The summed E-state index contributed by atoms with van der Waals surface area (Å²) in [6, 6.07) is 41.5. The Morgan fingerprint density at radius 2 is 0.574 bits per heavy atom. The second-order valence-corrected chi connectivity index (χ2v) is 30.0. The second-order valence-electron chi connectivity index (χ2n) is 25.3. The van der Waals surface area contributed by atoms with E-state index in [0.29, 0.717) is 69.8 Å². The van der Waals surface area contributed by atoms with Crippen LogP contribution in [0.1, 0.15) is 67.1 Å². The quantitative estimate of drug-likeness (QED) is 0.00421. The van der Waals surface area contributed by atoms with Crippen molar-refractivity contribution >= 4 is 172 Å². The van der Waals surface area contributed by atoms with Gasteiger partial charge >= 0.3 is 23.9 Å². The molecule has 1 aliphatic heterocycles. The monoisotopic (exact) mass is 1750 g/mol. The first-order chi connectivity index (χ1) is 58.8. The number of ether oxygens (including phenoxy) is 4. The van der Waals surface area contributed by atoms with Crippen molar-refractivity contribution in [3.8, 4) is 23.0 Å². The number of rotatable bonds is 46. The summed E-state index contributed by atoms with van der Waals surface area (Å²) in [5, 5.41) is 110. The third kappa shape index (κ3) is 28.3. The lowest BCUT2D eigenvalue weighted by molar-refractivity contribution is -0.432. The van der Waals surface area contributed by atoms with Crippen molar-refractivity contribution in [3.63, 3.8) is 0 Å². The summed E-state index contributed by atoms with van der Waals surface area (Å²) in [6.07, 6.45) is 0.423. The summed E-state index contributed by atoms with van der Waals surface area (Å²) in [4.78, 5) is 79.2. The van der Waals surface area contributed by atoms with Crippen LogP contribution in [0.5, 0.6) is 23.0 Å². The van der Waals surface area contributed by atoms with Gasteiger partial charge in [0, 0.05) is 86.0 Å². The molecule has 0 atom stereocenters. The average Bonchev–Trinajstić information content (AvgIpc) is 0.796. The lowest BCUT2D eigenvalue weighted by atomic mass is 10.2. The molecule has 11 rings (SSSR count). The number of hydrogen-bond acceptors (Lipinski definition) is 40. The van der Waals surface area contributed by atoms with E-state index >= 15 is 0 Å². The number of anilines is 10. The Balaban J connectivity index is 0.957. The zero-order chi connectivity index (χ0) is 86.4. The van der Waals surface area contributed by atoms with Gasteiger partial charge in [-0.3, -0.25) is 9.11 Å². The molecule has 0 unspecified atom stereocenters. The summed E-state index contributed by atoms with van der Waals surface area (Å²) in [7, 11) is -8.81. The van der Waals surface area contributed by atoms with Gasteiger partial charge in [0.1, 0.15) is 23.0 Å². The first kappa shape index (κ1) is 89.1. The molecule has 0 saturated carbocycles. The molecule has 0 aliphatic carbocycles. The lowest BCUT2D eigenvalue weighted by Gasteiger charge is -2.35. The number of carbonyl (C=O) groups is 4. The normalized spacial score (nSPS) is 12.5. The topological polar surface area (TPSA) is 603 Å². The summed E-state index contributed by atoms with van der Waals surface area (Å²) < 4.78 is 101. The molecular weight excluding hydrogens is 1680 g/mol. The van der Waals surface area contributed by atoms with Crippen LogP contribution in [0.3, 0.4) is 0 Å². The van der Waals surface area contributed by atoms with E-state index < -0.39 is 55.6 Å². The average molecular weight is 1750 g/mol. The van der Waals surface area contributed by atoms with Crippen molar-refractivity contribution in [2.75, 3.05) is 107 Å². The van der Waals surface area contributed by atoms with Crippen molar-refractivity contribution in [1.29, 1.82) is 0 Å². The molecular formula is C74H72N20O24S4. The Labute approximate surface area is 700 Å². The molecule has 8 aromatic carbocycles. The number of nitrogens with zero attached hydrogens (tertiary/aromatic N) is 16. The van der Waals surface area contributed by atoms with Crippen LogP contribution < -0.4 is 50.0 Å². The van der Waals surface area contributed by atoms with Gasteiger partial charge in [0.2, 0.25) is 35.7 Å². The standard InChI is InChI=1S/C74H72N20O24S4/c95-65(96)45-5-13-49(14-6-45)85-89-53-21-25-57(61(41-53)111-33-1-37-119-117-115-103)75-69-79-71(77-59-27-23-55(43-63(59)113-35-3-39-121(105,106)107)91-87-51-17-9-47(10-18-51)67(99)100)83-73(81-69)93-29-31-94(32-30-93)74-82-70(76-58-26-22-54(42-62(58)112-34-2-38-120-118-116-104)90-86-50-15-7-46(8-16-50)66(97)98)80-72(84-74)78-60-28-24-56(44-64(60)114-36-4-40-122(108,109)110)92-88-52-19-11-48(12-20-52)68(101)102/h5-28,41-44,103-104H,1-4,29-40H2,(H,95,96)(H,97,98)(H,99,100)(H,101,102)(H,105,106,107)(H,108,109,110)(H2,75,77,79,81,83)(H2,76,78,80,82,84). The number of hydrogen-bond donors (Lipinski definition) is 12. The summed E-state index contributed by atoms with van der Waals surface area (Å²) in [5.74, 6) is -4.76. The Morgan fingerprint density at radius 1 is 0.344 bits per heavy atom. The van der Waals surface area contributed by atoms with Gasteiger partial charge in [-0.15, -0.1) is 8.67 Å². The molecule has 2 aromatic heterocycles. The molecule has 1 fully saturated rings. The Bertz CT molecular complexity index is 5330. The van der Waals surface area contributed by atoms with Crippen LogP contribution in [0.4, 0.5) is 104 Å². The van der Waals surface area contributed by atoms with E-state index in [2.05, 4.69) is 80.9 Å². The fraction of sp³-hybridized carbons (Fsp3) is 0.216. The molecule has 0 bridgehead atoms. The molecule has 48 heteroatoms. The molecule has 12 N–H and O–H groups in total. The maximum atomic E-state index is 11.8. The van der Waals surface area contributed by atoms with Gasteiger partial charge in [-0.1, -0.05) is 10.1 Å². The van der Waals surface area contributed by atoms with E-state index in [0.717, 1.165) is 24.1 Å². The number of aromatic nitrogens is 6. The lowest BCUT2D eigenvalue weighted by Crippen LogP contribution is -2.48. The van der Waals surface area contributed by atoms with Crippen molar-refractivity contribution in [2.24, 2.45) is 40.9 Å². The summed E-state index contributed by atoms with van der Waals surface area (Å²) in [5.41, 5.74) is 3.50. The minimum atomic E-state index is -4.40. The molecule has 0 spiro atoms. The highest BCUT2D eigenvalue weighted by atomic mass is 32.2. The van der Waals surface area contributed by atoms with E-state index in [-0.39, 0.29) is 169 Å². The van der Waals surface area contributed by atoms with Gasteiger partial charge in [0.05, 0.1) is 128 Å². The van der Waals surface area contributed by atoms with Crippen LogP contribution in [0.25, 0.3) is 0 Å². The van der Waals surface area contributed by atoms with Crippen molar-refractivity contribution in [2.45, 2.75) is 25.7 Å². The first-order valence-electron chi connectivity index (χ1n) is 36.1. The van der Waals surface area contributed by atoms with Crippen molar-refractivity contribution in [1.82, 2.24) is 29.9 Å². The highest BCUT2D eigenvalue weighted by molar-refractivity contribution is 7.94. The first-order valence-corrected chi connectivity index (χ1v) is 41.2. The molecule has 122 heavy (non-hydrogen) atoms. The minimum absolute atomic E-state index is 0.0219. The Hall–Kier alpha value is -13.7. The number of carboxylic acids is 4. The largest absolute Gasteiger partial charge is 0.491 e. The van der Waals surface area contributed by atoms with E-state index in [4.69, 9.17) is 59.4 Å². The summed E-state index contributed by atoms with van der Waals surface area (Å²) >= 11 is 1.63. The van der Waals surface area contributed by atoms with Gasteiger partial charge in [-0.25, -0.2) is 29.7 Å². The fourth-order valence-electron chi connectivity index (χ4n) is 10.7. The second kappa shape index (κ2) is 43.9. The van der Waals surface area contributed by atoms with Crippen molar-refractivity contribution < 1.29 is 114 Å². The van der Waals surface area contributed by atoms with Gasteiger partial charge in [0.25, 0.3) is 20.2 Å². The SMILES string of the molecule is O=C(O)c1ccc(N=Nc2ccc(Nc3nc(Nc4ccc(N=Nc5ccc(C(=O)O)cc5)cc4OCCCS(=O)(=O)O)nc(N4CCN(c5nc(Nc6ccc(N=Nc7ccc(C(=O)O)cc7)cc6OCCCSOOO)nc(Nc6ccc(N=Nc7ccc(C(=O)O)cc7)cc6OCCCS(=O)(=O)O)n5)CC4)n3)c(OCCCSOOO)c2)cc1. The molecule has 636 valence electrons. The fourth-order valence-corrected chi connectivity index (χ4v) is 12.4. The van der Waals surface area contributed by atoms with E-state index in [1.807, 2.05) is 9.80 Å². The highest BCUT2D eigenvalue weighted by Gasteiger charge is 2.26. The van der Waals surface area contributed by atoms with Gasteiger partial charge < -0.3 is 70.4 Å². The third-order valence-corrected chi connectivity index (χ3v) is 19.4. The van der Waals surface area contributed by atoms with Crippen LogP contribution in [-0.2, 0) is 39.0 Å². The number of piperazine rings is 1. The number of aromatic carboxylic acids is 4. The van der Waals surface area contributed by atoms with Crippen molar-refractivity contribution in [3.05, 3.63) is 192 Å². The minimum Gasteiger partial charge on any atom is -0.491 e. The predicted octanol–water partition coefficient (Wildman–Crippen LogP) is 15.8. The molecule has 1 aliphatic rings. The number of carboxylic acid groups (broad SMARTS) is 4. The zero-order valence-electron chi connectivity index (χ0n) is 63.4. The smallest absolute Gasteiger partial charge is 0.335 e. The molecule has 3 heterocycles. The maximum absolute atomic E-state index is 11.8. The van der Waals surface area contributed by atoms with E-state index in [9.17, 15) is 65.5 Å². The molecule has 10 aromatic rings. The van der Waals surface area contributed by atoms with Crippen LogP contribution in [0, 0.1) is 0 Å². The zero-order valence-corrected chi connectivity index (χ0v) is 66.6. The van der Waals surface area contributed by atoms with Gasteiger partial charge in [-0.2, -0.15) is 87.7 Å². The predicted molar refractivity (Wildman–Crippen MR) is 441 cm³/mol. The molecule has 1 saturated heterocycles. The maximum Gasteiger partial charge on any atom is 0.335 e. The highest BCUT2D eigenvalue weighted by Crippen LogP contribution is 2.39. The van der Waals surface area contributed by atoms with E-state index in [1.165, 1.54) is 109 Å². The number of azo groups is 4. The Morgan fingerprint density at radius 3 is 0.803 bits per heavy atom. The van der Waals surface area contributed by atoms with Crippen LogP contribution in [-0.4, -0.2) is 186 Å². The van der Waals surface area contributed by atoms with Crippen LogP contribution >= 0.6 is 24.1 Å². The molecule has 0 amide bonds. The van der Waals surface area contributed by atoms with Gasteiger partial charge in [-0.05, 0) is 171 Å². The van der Waals surface area contributed by atoms with Crippen LogP contribution in [0.15, 0.2) is 211 Å². The van der Waals surface area contributed by atoms with Crippen LogP contribution in [0.2, 0.25) is 0 Å². The van der Waals surface area contributed by atoms with Gasteiger partial charge in [0.15, 0.2) is 0 Å². The Kier molecular flexibility index (Phi) is 32.1. The third-order valence-electron chi connectivity index (χ3n) is 16.5.